The van der Waals surface area contributed by atoms with E-state index in [1.165, 1.54) is 19.4 Å². The lowest BCUT2D eigenvalue weighted by atomic mass is 10.1. The molecule has 0 unspecified atom stereocenters. The van der Waals surface area contributed by atoms with Gasteiger partial charge in [0.1, 0.15) is 0 Å². The van der Waals surface area contributed by atoms with Gasteiger partial charge in [-0.1, -0.05) is 0 Å². The average molecular weight is 170 g/mol. The maximum Gasteiger partial charge on any atom is 0.0113 e. The van der Waals surface area contributed by atoms with Gasteiger partial charge in [-0.25, -0.2) is 0 Å². The van der Waals surface area contributed by atoms with Gasteiger partial charge < -0.3 is 5.73 Å². The lowest BCUT2D eigenvalue weighted by molar-refractivity contribution is 0.190. The Morgan fingerprint density at radius 1 is 1.42 bits per heavy atom. The molecule has 1 aliphatic rings. The predicted octanol–water partition coefficient (Wildman–Crippen LogP) is 1.60. The fourth-order valence-corrected chi connectivity index (χ4v) is 2.22. The van der Waals surface area contributed by atoms with E-state index >= 15 is 0 Å². The van der Waals surface area contributed by atoms with Crippen LogP contribution in [0.25, 0.3) is 0 Å². The number of hydrogen-bond donors (Lipinski definition) is 1. The molecule has 0 bridgehead atoms. The molecule has 2 N–H and O–H groups in total. The number of hydrogen-bond acceptors (Lipinski definition) is 2. The Morgan fingerprint density at radius 2 is 2.08 bits per heavy atom. The summed E-state index contributed by atoms with van der Waals surface area (Å²) in [7, 11) is 0. The number of rotatable bonds is 3. The highest BCUT2D eigenvalue weighted by atomic mass is 15.2. The van der Waals surface area contributed by atoms with Gasteiger partial charge in [0, 0.05) is 18.1 Å². The summed E-state index contributed by atoms with van der Waals surface area (Å²) in [5, 5.41) is 0. The third-order valence-corrected chi connectivity index (χ3v) is 2.73. The Labute approximate surface area is 76.1 Å². The number of likely N-dealkylation sites (tertiary alicyclic amines) is 1. The molecule has 0 aliphatic carbocycles. The molecule has 0 aromatic carbocycles. The maximum atomic E-state index is 5.81. The monoisotopic (exact) mass is 170 g/mol. The van der Waals surface area contributed by atoms with E-state index in [1.54, 1.807) is 0 Å². The van der Waals surface area contributed by atoms with Crippen molar-refractivity contribution < 1.29 is 0 Å². The second kappa shape index (κ2) is 4.24. The van der Waals surface area contributed by atoms with E-state index in [2.05, 4.69) is 25.7 Å². The van der Waals surface area contributed by atoms with Gasteiger partial charge in [0.15, 0.2) is 0 Å². The van der Waals surface area contributed by atoms with E-state index in [1.807, 2.05) is 0 Å². The zero-order chi connectivity index (χ0) is 9.14. The summed E-state index contributed by atoms with van der Waals surface area (Å²) in [6, 6.07) is 1.80. The minimum absolute atomic E-state index is 0.356. The van der Waals surface area contributed by atoms with Crippen LogP contribution in [0.3, 0.4) is 0 Å². The Kier molecular flexibility index (Phi) is 3.53. The molecule has 2 nitrogen and oxygen atoms in total. The first-order chi connectivity index (χ1) is 5.61. The van der Waals surface area contributed by atoms with E-state index < -0.39 is 0 Å². The molecule has 72 valence electrons. The molecule has 0 aromatic rings. The molecule has 1 fully saturated rings. The lowest BCUT2D eigenvalue weighted by Gasteiger charge is -2.29. The minimum Gasteiger partial charge on any atom is -0.328 e. The molecular formula is C10H22N2. The highest BCUT2D eigenvalue weighted by molar-refractivity contribution is 4.83. The molecule has 0 spiro atoms. The van der Waals surface area contributed by atoms with Crippen LogP contribution in [0.15, 0.2) is 0 Å². The van der Waals surface area contributed by atoms with Crippen LogP contribution in [0.2, 0.25) is 0 Å². The van der Waals surface area contributed by atoms with Crippen LogP contribution >= 0.6 is 0 Å². The van der Waals surface area contributed by atoms with Crippen molar-refractivity contribution >= 4 is 0 Å². The predicted molar refractivity (Wildman–Crippen MR) is 53.1 cm³/mol. The van der Waals surface area contributed by atoms with Crippen molar-refractivity contribution in [2.24, 2.45) is 5.73 Å². The highest BCUT2D eigenvalue weighted by Gasteiger charge is 2.26. The molecule has 2 atom stereocenters. The second-order valence-electron chi connectivity index (χ2n) is 4.34. The molecular weight excluding hydrogens is 148 g/mol. The van der Waals surface area contributed by atoms with E-state index in [4.69, 9.17) is 5.73 Å². The van der Waals surface area contributed by atoms with Crippen LogP contribution in [0.4, 0.5) is 0 Å². The van der Waals surface area contributed by atoms with Crippen LogP contribution in [0.1, 0.15) is 40.0 Å². The first-order valence-electron chi connectivity index (χ1n) is 5.12. The first kappa shape index (κ1) is 10.0. The summed E-state index contributed by atoms with van der Waals surface area (Å²) >= 11 is 0. The molecule has 2 heteroatoms. The van der Waals surface area contributed by atoms with Gasteiger partial charge in [-0.3, -0.25) is 4.90 Å². The van der Waals surface area contributed by atoms with E-state index in [-0.39, 0.29) is 0 Å². The Morgan fingerprint density at radius 3 is 2.58 bits per heavy atom. The molecule has 12 heavy (non-hydrogen) atoms. The summed E-state index contributed by atoms with van der Waals surface area (Å²) in [6.07, 6.45) is 3.87. The molecule has 0 saturated carbocycles. The zero-order valence-corrected chi connectivity index (χ0v) is 8.59. The standard InChI is InChI=1S/C10H22N2/c1-8(2)12-6-4-5-10(12)7-9(3)11/h8-10H,4-7,11H2,1-3H3/t9-,10+/m1/s1. The Hall–Kier alpha value is -0.0800. The molecule has 0 aromatic heterocycles. The van der Waals surface area contributed by atoms with E-state index in [9.17, 15) is 0 Å². The second-order valence-corrected chi connectivity index (χ2v) is 4.34. The van der Waals surface area contributed by atoms with Crippen LogP contribution < -0.4 is 5.73 Å². The van der Waals surface area contributed by atoms with Gasteiger partial charge in [0.2, 0.25) is 0 Å². The molecule has 1 rings (SSSR count). The van der Waals surface area contributed by atoms with Crippen LogP contribution in [-0.4, -0.2) is 29.6 Å². The van der Waals surface area contributed by atoms with Crippen molar-refractivity contribution in [3.05, 3.63) is 0 Å². The molecule has 1 saturated heterocycles. The quantitative estimate of drug-likeness (QED) is 0.697. The fraction of sp³-hybridized carbons (Fsp3) is 1.00. The summed E-state index contributed by atoms with van der Waals surface area (Å²) < 4.78 is 0. The van der Waals surface area contributed by atoms with Crippen molar-refractivity contribution in [2.75, 3.05) is 6.54 Å². The third kappa shape index (κ3) is 2.46. The van der Waals surface area contributed by atoms with Crippen molar-refractivity contribution in [1.82, 2.24) is 4.90 Å². The largest absolute Gasteiger partial charge is 0.328 e. The number of nitrogens with two attached hydrogens (primary N) is 1. The SMILES string of the molecule is CC(C)N1CCC[C@H]1C[C@@H](C)N. The van der Waals surface area contributed by atoms with Crippen molar-refractivity contribution in [3.63, 3.8) is 0 Å². The molecule has 1 aliphatic heterocycles. The van der Waals surface area contributed by atoms with E-state index in [0.29, 0.717) is 12.1 Å². The maximum absolute atomic E-state index is 5.81. The van der Waals surface area contributed by atoms with Crippen LogP contribution in [0, 0.1) is 0 Å². The van der Waals surface area contributed by atoms with Gasteiger partial charge in [-0.15, -0.1) is 0 Å². The van der Waals surface area contributed by atoms with Gasteiger partial charge in [0.25, 0.3) is 0 Å². The minimum atomic E-state index is 0.356. The molecule has 0 amide bonds. The van der Waals surface area contributed by atoms with Crippen molar-refractivity contribution in [2.45, 2.75) is 58.2 Å². The fourth-order valence-electron chi connectivity index (χ4n) is 2.22. The topological polar surface area (TPSA) is 29.3 Å². The Balaban J connectivity index is 2.41. The molecule has 0 radical (unpaired) electrons. The lowest BCUT2D eigenvalue weighted by Crippen LogP contribution is -2.38. The normalized spacial score (nSPS) is 28.2. The van der Waals surface area contributed by atoms with Crippen molar-refractivity contribution in [1.29, 1.82) is 0 Å². The number of nitrogens with zero attached hydrogens (tertiary/aromatic N) is 1. The van der Waals surface area contributed by atoms with Crippen LogP contribution in [0.5, 0.6) is 0 Å². The van der Waals surface area contributed by atoms with Crippen LogP contribution in [-0.2, 0) is 0 Å². The third-order valence-electron chi connectivity index (χ3n) is 2.73. The van der Waals surface area contributed by atoms with Gasteiger partial charge in [0.05, 0.1) is 0 Å². The summed E-state index contributed by atoms with van der Waals surface area (Å²) in [4.78, 5) is 2.59. The molecule has 1 heterocycles. The van der Waals surface area contributed by atoms with Crippen molar-refractivity contribution in [3.8, 4) is 0 Å². The summed E-state index contributed by atoms with van der Waals surface area (Å²) in [6.45, 7) is 7.94. The summed E-state index contributed by atoms with van der Waals surface area (Å²) in [5.74, 6) is 0. The van der Waals surface area contributed by atoms with Gasteiger partial charge >= 0.3 is 0 Å². The summed E-state index contributed by atoms with van der Waals surface area (Å²) in [5.41, 5.74) is 5.81. The Bertz CT molecular complexity index is 132. The van der Waals surface area contributed by atoms with Gasteiger partial charge in [-0.2, -0.15) is 0 Å². The average Bonchev–Trinajstić information content (AvgIpc) is 2.33. The smallest absolute Gasteiger partial charge is 0.0113 e. The van der Waals surface area contributed by atoms with E-state index in [0.717, 1.165) is 12.5 Å². The highest BCUT2D eigenvalue weighted by Crippen LogP contribution is 2.22. The van der Waals surface area contributed by atoms with Gasteiger partial charge in [-0.05, 0) is 46.6 Å². The zero-order valence-electron chi connectivity index (χ0n) is 8.59. The first-order valence-corrected chi connectivity index (χ1v) is 5.12.